The minimum absolute atomic E-state index is 0.0668. The smallest absolute Gasteiger partial charge is 0.345 e. The second-order valence-electron chi connectivity index (χ2n) is 6.35. The number of amides is 3. The van der Waals surface area contributed by atoms with Crippen molar-refractivity contribution in [2.24, 2.45) is 0 Å². The van der Waals surface area contributed by atoms with E-state index >= 15 is 0 Å². The molecule has 0 saturated heterocycles. The molecule has 0 atom stereocenters. The molecule has 0 unspecified atom stereocenters. The largest absolute Gasteiger partial charge is 0.493 e. The van der Waals surface area contributed by atoms with Gasteiger partial charge in [0.15, 0.2) is 11.5 Å². The van der Waals surface area contributed by atoms with E-state index < -0.39 is 6.03 Å². The van der Waals surface area contributed by atoms with Crippen LogP contribution in [0.15, 0.2) is 78.9 Å². The molecular weight excluding hydrogens is 382 g/mol. The molecule has 7 heteroatoms. The summed E-state index contributed by atoms with van der Waals surface area (Å²) in [6.45, 7) is 0. The van der Waals surface area contributed by atoms with E-state index in [1.807, 2.05) is 60.7 Å². The Hall–Kier alpha value is -4.00. The fourth-order valence-corrected chi connectivity index (χ4v) is 2.94. The van der Waals surface area contributed by atoms with Crippen LogP contribution in [0.25, 0.3) is 0 Å². The summed E-state index contributed by atoms with van der Waals surface area (Å²) in [5.41, 5.74) is 7.02. The van der Waals surface area contributed by atoms with E-state index in [-0.39, 0.29) is 12.3 Å². The monoisotopic (exact) mass is 405 g/mol. The zero-order valence-corrected chi connectivity index (χ0v) is 16.8. The number of carbonyl (C=O) groups is 2. The Kier molecular flexibility index (Phi) is 6.89. The normalized spacial score (nSPS) is 10.1. The number of anilines is 2. The van der Waals surface area contributed by atoms with Gasteiger partial charge < -0.3 is 9.47 Å². The van der Waals surface area contributed by atoms with Crippen LogP contribution in [0.1, 0.15) is 5.56 Å². The number of para-hydroxylation sites is 2. The summed E-state index contributed by atoms with van der Waals surface area (Å²) in [7, 11) is 3.08. The first kappa shape index (κ1) is 20.7. The summed E-state index contributed by atoms with van der Waals surface area (Å²) in [6, 6.07) is 23.1. The van der Waals surface area contributed by atoms with Crippen molar-refractivity contribution in [1.29, 1.82) is 0 Å². The molecule has 7 nitrogen and oxygen atoms in total. The molecule has 0 bridgehead atoms. The van der Waals surface area contributed by atoms with Crippen LogP contribution < -0.4 is 25.2 Å². The number of nitrogens with one attached hydrogen (secondary N) is 2. The molecule has 0 fully saturated rings. The minimum atomic E-state index is -0.479. The number of methoxy groups -OCH3 is 2. The average Bonchev–Trinajstić information content (AvgIpc) is 2.79. The number of urea groups is 1. The molecule has 2 N–H and O–H groups in total. The number of hydrogen-bond acceptors (Lipinski definition) is 4. The van der Waals surface area contributed by atoms with Gasteiger partial charge in [0.1, 0.15) is 0 Å². The number of hydrazine groups is 1. The van der Waals surface area contributed by atoms with Gasteiger partial charge in [-0.15, -0.1) is 0 Å². The van der Waals surface area contributed by atoms with Gasteiger partial charge >= 0.3 is 6.03 Å². The highest BCUT2D eigenvalue weighted by molar-refractivity contribution is 6.00. The summed E-state index contributed by atoms with van der Waals surface area (Å²) in [5, 5.41) is 0. The van der Waals surface area contributed by atoms with Gasteiger partial charge in [0.25, 0.3) is 0 Å². The van der Waals surface area contributed by atoms with E-state index in [1.165, 1.54) is 12.0 Å². The first-order chi connectivity index (χ1) is 14.6. The minimum Gasteiger partial charge on any atom is -0.493 e. The highest BCUT2D eigenvalue weighted by Gasteiger charge is 2.18. The number of rotatable bonds is 6. The van der Waals surface area contributed by atoms with Crippen LogP contribution in [0.4, 0.5) is 16.2 Å². The maximum Gasteiger partial charge on any atom is 0.345 e. The van der Waals surface area contributed by atoms with Crippen LogP contribution in [-0.4, -0.2) is 26.2 Å². The van der Waals surface area contributed by atoms with Crippen LogP contribution in [0.5, 0.6) is 11.5 Å². The van der Waals surface area contributed by atoms with E-state index in [0.717, 1.165) is 5.56 Å². The van der Waals surface area contributed by atoms with Crippen molar-refractivity contribution >= 4 is 23.3 Å². The lowest BCUT2D eigenvalue weighted by Crippen LogP contribution is -2.48. The van der Waals surface area contributed by atoms with Crippen molar-refractivity contribution in [1.82, 2.24) is 10.9 Å². The van der Waals surface area contributed by atoms with Gasteiger partial charge in [0, 0.05) is 0 Å². The van der Waals surface area contributed by atoms with Crippen LogP contribution >= 0.6 is 0 Å². The molecule has 3 aromatic carbocycles. The highest BCUT2D eigenvalue weighted by Crippen LogP contribution is 2.28. The molecule has 0 aliphatic carbocycles. The van der Waals surface area contributed by atoms with Crippen molar-refractivity contribution < 1.29 is 19.1 Å². The van der Waals surface area contributed by atoms with Crippen molar-refractivity contribution in [3.8, 4) is 11.5 Å². The summed E-state index contributed by atoms with van der Waals surface area (Å²) >= 11 is 0. The zero-order valence-electron chi connectivity index (χ0n) is 16.8. The molecule has 0 spiro atoms. The first-order valence-corrected chi connectivity index (χ1v) is 9.32. The number of hydrogen-bond donors (Lipinski definition) is 2. The van der Waals surface area contributed by atoms with Crippen LogP contribution in [0.2, 0.25) is 0 Å². The summed E-state index contributed by atoms with van der Waals surface area (Å²) in [6.07, 6.45) is 0.0668. The Morgan fingerprint density at radius 1 is 0.767 bits per heavy atom. The SMILES string of the molecule is COc1ccc(CC(=O)NNC(=O)N(c2ccccc2)c2ccccc2)cc1OC. The first-order valence-electron chi connectivity index (χ1n) is 9.32. The molecule has 0 aliphatic heterocycles. The summed E-state index contributed by atoms with van der Waals surface area (Å²) < 4.78 is 10.5. The molecule has 3 aromatic rings. The van der Waals surface area contributed by atoms with E-state index in [0.29, 0.717) is 22.9 Å². The van der Waals surface area contributed by atoms with Crippen LogP contribution in [0, 0.1) is 0 Å². The topological polar surface area (TPSA) is 79.9 Å². The standard InChI is InChI=1S/C23H23N3O4/c1-29-20-14-13-17(15-21(20)30-2)16-22(27)24-25-23(28)26(18-9-5-3-6-10-18)19-11-7-4-8-12-19/h3-15H,16H2,1-2H3,(H,24,27)(H,25,28). The fourth-order valence-electron chi connectivity index (χ4n) is 2.94. The molecule has 3 rings (SSSR count). The predicted molar refractivity (Wildman–Crippen MR) is 115 cm³/mol. The third-order valence-electron chi connectivity index (χ3n) is 4.35. The third kappa shape index (κ3) is 5.08. The van der Waals surface area contributed by atoms with Gasteiger partial charge in [-0.1, -0.05) is 42.5 Å². The van der Waals surface area contributed by atoms with Crippen molar-refractivity contribution in [3.63, 3.8) is 0 Å². The van der Waals surface area contributed by atoms with Crippen molar-refractivity contribution in [2.75, 3.05) is 19.1 Å². The van der Waals surface area contributed by atoms with Gasteiger partial charge in [-0.3, -0.25) is 15.1 Å². The van der Waals surface area contributed by atoms with Gasteiger partial charge in [0.05, 0.1) is 32.0 Å². The number of nitrogens with zero attached hydrogens (tertiary/aromatic N) is 1. The molecule has 0 saturated carbocycles. The molecule has 0 aromatic heterocycles. The molecule has 0 heterocycles. The number of ether oxygens (including phenoxy) is 2. The lowest BCUT2D eigenvalue weighted by atomic mass is 10.1. The molecule has 0 aliphatic rings. The van der Waals surface area contributed by atoms with Crippen molar-refractivity contribution in [2.45, 2.75) is 6.42 Å². The van der Waals surface area contributed by atoms with Gasteiger partial charge in [0.2, 0.25) is 5.91 Å². The molecule has 154 valence electrons. The Labute approximate surface area is 175 Å². The Morgan fingerprint density at radius 2 is 1.33 bits per heavy atom. The second kappa shape index (κ2) is 9.97. The summed E-state index contributed by atoms with van der Waals surface area (Å²) in [4.78, 5) is 26.7. The van der Waals surface area contributed by atoms with E-state index in [4.69, 9.17) is 9.47 Å². The fraction of sp³-hybridized carbons (Fsp3) is 0.130. The number of benzene rings is 3. The predicted octanol–water partition coefficient (Wildman–Crippen LogP) is 3.83. The van der Waals surface area contributed by atoms with Crippen LogP contribution in [0.3, 0.4) is 0 Å². The number of carbonyl (C=O) groups excluding carboxylic acids is 2. The average molecular weight is 405 g/mol. The van der Waals surface area contributed by atoms with Gasteiger partial charge in [-0.25, -0.2) is 10.2 Å². The third-order valence-corrected chi connectivity index (χ3v) is 4.35. The van der Waals surface area contributed by atoms with Gasteiger partial charge in [-0.2, -0.15) is 0 Å². The van der Waals surface area contributed by atoms with Crippen molar-refractivity contribution in [3.05, 3.63) is 84.4 Å². The van der Waals surface area contributed by atoms with E-state index in [9.17, 15) is 9.59 Å². The van der Waals surface area contributed by atoms with Crippen LogP contribution in [-0.2, 0) is 11.2 Å². The Morgan fingerprint density at radius 3 is 1.87 bits per heavy atom. The summed E-state index contributed by atoms with van der Waals surface area (Å²) in [5.74, 6) is 0.749. The molecule has 3 amide bonds. The van der Waals surface area contributed by atoms with E-state index in [1.54, 1.807) is 25.3 Å². The van der Waals surface area contributed by atoms with E-state index in [2.05, 4.69) is 10.9 Å². The lowest BCUT2D eigenvalue weighted by molar-refractivity contribution is -0.121. The lowest BCUT2D eigenvalue weighted by Gasteiger charge is -2.23. The Bertz CT molecular complexity index is 954. The maximum atomic E-state index is 12.8. The molecule has 0 radical (unpaired) electrons. The maximum absolute atomic E-state index is 12.8. The quantitative estimate of drug-likeness (QED) is 0.611. The molecule has 30 heavy (non-hydrogen) atoms. The zero-order chi connectivity index (χ0) is 21.3. The van der Waals surface area contributed by atoms with Gasteiger partial charge in [-0.05, 0) is 42.0 Å². The highest BCUT2D eigenvalue weighted by atomic mass is 16.5. The Balaban J connectivity index is 1.67. The second-order valence-corrected chi connectivity index (χ2v) is 6.35. The molecular formula is C23H23N3O4.